The molecular weight excluding hydrogens is 237 g/mol. The maximum absolute atomic E-state index is 13.2. The first-order valence-corrected chi connectivity index (χ1v) is 5.11. The first-order valence-electron chi connectivity index (χ1n) is 5.11. The van der Waals surface area contributed by atoms with Gasteiger partial charge in [0.15, 0.2) is 17.5 Å². The number of hydrogen-bond donors (Lipinski definition) is 1. The molecule has 94 valence electrons. The smallest absolute Gasteiger partial charge is 0.251 e. The summed E-state index contributed by atoms with van der Waals surface area (Å²) in [6.45, 7) is 1.57. The van der Waals surface area contributed by atoms with E-state index in [-0.39, 0.29) is 18.5 Å². The lowest BCUT2D eigenvalue weighted by Crippen LogP contribution is -2.34. The molecule has 1 unspecified atom stereocenters. The topological polar surface area (TPSA) is 43.4 Å². The van der Waals surface area contributed by atoms with Crippen LogP contribution in [-0.4, -0.2) is 37.5 Å². The van der Waals surface area contributed by atoms with E-state index in [1.807, 2.05) is 0 Å². The third-order valence-electron chi connectivity index (χ3n) is 2.27. The Morgan fingerprint density at radius 3 is 2.82 bits per heavy atom. The van der Waals surface area contributed by atoms with Gasteiger partial charge in [-0.3, -0.25) is 0 Å². The maximum atomic E-state index is 13.2. The lowest BCUT2D eigenvalue weighted by Gasteiger charge is -2.23. The Balaban J connectivity index is 1.96. The van der Waals surface area contributed by atoms with Gasteiger partial charge in [0, 0.05) is 12.6 Å². The van der Waals surface area contributed by atoms with Gasteiger partial charge in [-0.05, 0) is 0 Å². The minimum absolute atomic E-state index is 0.217. The zero-order valence-corrected chi connectivity index (χ0v) is 8.88. The van der Waals surface area contributed by atoms with Crippen molar-refractivity contribution in [1.82, 2.24) is 4.98 Å². The van der Waals surface area contributed by atoms with Crippen LogP contribution in [0.2, 0.25) is 0 Å². The molecule has 7 heteroatoms. The van der Waals surface area contributed by atoms with Crippen LogP contribution in [0.3, 0.4) is 0 Å². The number of halogens is 3. The van der Waals surface area contributed by atoms with Crippen LogP contribution in [0.25, 0.3) is 0 Å². The van der Waals surface area contributed by atoms with E-state index in [1.54, 1.807) is 0 Å². The summed E-state index contributed by atoms with van der Waals surface area (Å²) in [5, 5.41) is 2.55. The van der Waals surface area contributed by atoms with Gasteiger partial charge in [-0.15, -0.1) is 0 Å². The fourth-order valence-electron chi connectivity index (χ4n) is 1.43. The third-order valence-corrected chi connectivity index (χ3v) is 2.27. The Morgan fingerprint density at radius 1 is 1.29 bits per heavy atom. The zero-order chi connectivity index (χ0) is 12.3. The monoisotopic (exact) mass is 248 g/mol. The molecule has 0 amide bonds. The number of nitrogens with zero attached hydrogens (tertiary/aromatic N) is 1. The molecule has 4 nitrogen and oxygen atoms in total. The van der Waals surface area contributed by atoms with Crippen LogP contribution in [0.1, 0.15) is 0 Å². The van der Waals surface area contributed by atoms with E-state index in [9.17, 15) is 13.2 Å². The number of hydrogen-bond acceptors (Lipinski definition) is 4. The summed E-state index contributed by atoms with van der Waals surface area (Å²) >= 11 is 0. The van der Waals surface area contributed by atoms with Gasteiger partial charge in [0.25, 0.3) is 5.95 Å². The van der Waals surface area contributed by atoms with Crippen LogP contribution in [0.4, 0.5) is 19.0 Å². The van der Waals surface area contributed by atoms with Gasteiger partial charge in [0.2, 0.25) is 0 Å². The Hall–Kier alpha value is -1.34. The molecule has 0 aliphatic carbocycles. The van der Waals surface area contributed by atoms with Crippen LogP contribution in [0.5, 0.6) is 0 Å². The molecule has 2 heterocycles. The minimum atomic E-state index is -1.34. The van der Waals surface area contributed by atoms with E-state index in [1.165, 1.54) is 0 Å². The van der Waals surface area contributed by atoms with E-state index in [4.69, 9.17) is 9.47 Å². The molecule has 1 aromatic heterocycles. The largest absolute Gasteiger partial charge is 0.376 e. The highest BCUT2D eigenvalue weighted by Gasteiger charge is 2.16. The summed E-state index contributed by atoms with van der Waals surface area (Å²) in [5.74, 6) is -3.93. The molecule has 2 rings (SSSR count). The van der Waals surface area contributed by atoms with Gasteiger partial charge >= 0.3 is 0 Å². The molecule has 0 radical (unpaired) electrons. The van der Waals surface area contributed by atoms with Gasteiger partial charge in [-0.25, -0.2) is 8.78 Å². The molecule has 17 heavy (non-hydrogen) atoms. The third kappa shape index (κ3) is 3.07. The van der Waals surface area contributed by atoms with Crippen molar-refractivity contribution in [3.63, 3.8) is 0 Å². The van der Waals surface area contributed by atoms with Crippen LogP contribution >= 0.6 is 0 Å². The molecule has 0 bridgehead atoms. The molecule has 0 spiro atoms. The normalized spacial score (nSPS) is 20.3. The summed E-state index contributed by atoms with van der Waals surface area (Å²) < 4.78 is 49.0. The Kier molecular flexibility index (Phi) is 3.80. The van der Waals surface area contributed by atoms with E-state index in [2.05, 4.69) is 10.3 Å². The highest BCUT2D eigenvalue weighted by molar-refractivity contribution is 5.36. The van der Waals surface area contributed by atoms with E-state index in [0.29, 0.717) is 25.9 Å². The fraction of sp³-hybridized carbons (Fsp3) is 0.500. The molecule has 0 saturated carbocycles. The van der Waals surface area contributed by atoms with Crippen LogP contribution in [0.15, 0.2) is 6.07 Å². The highest BCUT2D eigenvalue weighted by Crippen LogP contribution is 2.14. The average molecular weight is 248 g/mol. The molecule has 1 aliphatic heterocycles. The second-order valence-electron chi connectivity index (χ2n) is 3.54. The summed E-state index contributed by atoms with van der Waals surface area (Å²) in [4.78, 5) is 3.13. The second-order valence-corrected chi connectivity index (χ2v) is 3.54. The summed E-state index contributed by atoms with van der Waals surface area (Å²) in [5.41, 5.74) is 0. The van der Waals surface area contributed by atoms with Crippen molar-refractivity contribution >= 4 is 5.82 Å². The molecule has 1 saturated heterocycles. The molecule has 1 aromatic rings. The summed E-state index contributed by atoms with van der Waals surface area (Å²) in [6.07, 6.45) is -0.252. The van der Waals surface area contributed by atoms with Gasteiger partial charge < -0.3 is 14.8 Å². The van der Waals surface area contributed by atoms with Crippen LogP contribution < -0.4 is 5.32 Å². The lowest BCUT2D eigenvalue weighted by molar-refractivity contribution is -0.0819. The van der Waals surface area contributed by atoms with Crippen molar-refractivity contribution in [2.45, 2.75) is 6.10 Å². The van der Waals surface area contributed by atoms with Crippen molar-refractivity contribution in [3.05, 3.63) is 23.6 Å². The van der Waals surface area contributed by atoms with E-state index >= 15 is 0 Å². The molecule has 1 atom stereocenters. The standard InChI is InChI=1S/C10H11F3N2O2/c11-7-3-8(12)10(15-9(7)13)14-4-6-5-16-1-2-17-6/h3,6H,1-2,4-5H2,(H,14,15). The molecule has 0 aromatic carbocycles. The zero-order valence-electron chi connectivity index (χ0n) is 8.88. The van der Waals surface area contributed by atoms with Crippen LogP contribution in [0, 0.1) is 17.6 Å². The molecule has 1 N–H and O–H groups in total. The summed E-state index contributed by atoms with van der Waals surface area (Å²) in [7, 11) is 0. The molecular formula is C10H11F3N2O2. The molecule has 1 aliphatic rings. The highest BCUT2D eigenvalue weighted by atomic mass is 19.2. The quantitative estimate of drug-likeness (QED) is 0.819. The van der Waals surface area contributed by atoms with E-state index < -0.39 is 17.6 Å². The van der Waals surface area contributed by atoms with Crippen molar-refractivity contribution < 1.29 is 22.6 Å². The Morgan fingerprint density at radius 2 is 2.12 bits per heavy atom. The van der Waals surface area contributed by atoms with Crippen LogP contribution in [-0.2, 0) is 9.47 Å². The van der Waals surface area contributed by atoms with Crippen molar-refractivity contribution in [3.8, 4) is 0 Å². The number of nitrogens with one attached hydrogen (secondary N) is 1. The molecule has 1 fully saturated rings. The van der Waals surface area contributed by atoms with Gasteiger partial charge in [-0.2, -0.15) is 9.37 Å². The lowest BCUT2D eigenvalue weighted by atomic mass is 10.3. The predicted octanol–water partition coefficient (Wildman–Crippen LogP) is 1.33. The van der Waals surface area contributed by atoms with Gasteiger partial charge in [0.05, 0.1) is 25.9 Å². The Bertz CT molecular complexity index is 397. The van der Waals surface area contributed by atoms with E-state index in [0.717, 1.165) is 0 Å². The van der Waals surface area contributed by atoms with Crippen molar-refractivity contribution in [1.29, 1.82) is 0 Å². The summed E-state index contributed by atoms with van der Waals surface area (Å²) in [6, 6.07) is 0.447. The second kappa shape index (κ2) is 5.33. The number of ether oxygens (including phenoxy) is 2. The number of aromatic nitrogens is 1. The average Bonchev–Trinajstić information content (AvgIpc) is 2.33. The van der Waals surface area contributed by atoms with Gasteiger partial charge in [-0.1, -0.05) is 0 Å². The first-order chi connectivity index (χ1) is 8.16. The fourth-order valence-corrected chi connectivity index (χ4v) is 1.43. The number of pyridine rings is 1. The predicted molar refractivity (Wildman–Crippen MR) is 53.2 cm³/mol. The SMILES string of the molecule is Fc1cc(F)c(NCC2COCCO2)nc1F. The maximum Gasteiger partial charge on any atom is 0.251 e. The van der Waals surface area contributed by atoms with Crippen molar-refractivity contribution in [2.75, 3.05) is 31.7 Å². The Labute approximate surface area is 95.7 Å². The van der Waals surface area contributed by atoms with Gasteiger partial charge in [0.1, 0.15) is 0 Å². The number of anilines is 1. The minimum Gasteiger partial charge on any atom is -0.376 e. The first kappa shape index (κ1) is 12.1. The number of rotatable bonds is 3. The van der Waals surface area contributed by atoms with Crippen molar-refractivity contribution in [2.24, 2.45) is 0 Å².